The van der Waals surface area contributed by atoms with Gasteiger partial charge in [-0.3, -0.25) is 14.9 Å². The van der Waals surface area contributed by atoms with Gasteiger partial charge in [-0.05, 0) is 24.6 Å². The zero-order chi connectivity index (χ0) is 17.8. The van der Waals surface area contributed by atoms with E-state index >= 15 is 0 Å². The molecule has 1 aliphatic heterocycles. The van der Waals surface area contributed by atoms with E-state index in [1.807, 2.05) is 17.9 Å². The van der Waals surface area contributed by atoms with Crippen LogP contribution < -0.4 is 10.2 Å². The standard InChI is InChI=1S/C17H18N4O4/c1-12-2-5-16(18-11-12)19-17(22)14-10-13(21(23)24)3-4-15(14)20-6-8-25-9-7-20/h2-5,10-11H,6-9H2,1H3,(H,18,19,22). The Hall–Kier alpha value is -3.00. The molecule has 0 spiro atoms. The molecule has 2 aromatic rings. The Morgan fingerprint density at radius 1 is 1.28 bits per heavy atom. The molecule has 8 nitrogen and oxygen atoms in total. The largest absolute Gasteiger partial charge is 0.378 e. The number of pyridine rings is 1. The summed E-state index contributed by atoms with van der Waals surface area (Å²) in [4.78, 5) is 29.4. The van der Waals surface area contributed by atoms with Crippen LogP contribution in [0.5, 0.6) is 0 Å². The van der Waals surface area contributed by atoms with Gasteiger partial charge in [0.05, 0.1) is 29.4 Å². The van der Waals surface area contributed by atoms with Gasteiger partial charge in [0.15, 0.2) is 0 Å². The van der Waals surface area contributed by atoms with Gasteiger partial charge in [-0.2, -0.15) is 0 Å². The van der Waals surface area contributed by atoms with Crippen molar-refractivity contribution >= 4 is 23.1 Å². The van der Waals surface area contributed by atoms with E-state index in [9.17, 15) is 14.9 Å². The van der Waals surface area contributed by atoms with E-state index in [1.165, 1.54) is 12.1 Å². The molecule has 1 amide bonds. The van der Waals surface area contributed by atoms with Crippen LogP contribution in [0, 0.1) is 17.0 Å². The van der Waals surface area contributed by atoms with Crippen molar-refractivity contribution in [2.24, 2.45) is 0 Å². The summed E-state index contributed by atoms with van der Waals surface area (Å²) in [6.07, 6.45) is 1.64. The summed E-state index contributed by atoms with van der Waals surface area (Å²) in [5, 5.41) is 13.8. The number of aromatic nitrogens is 1. The first-order valence-corrected chi connectivity index (χ1v) is 7.90. The zero-order valence-electron chi connectivity index (χ0n) is 13.8. The van der Waals surface area contributed by atoms with Crippen LogP contribution >= 0.6 is 0 Å². The van der Waals surface area contributed by atoms with Crippen molar-refractivity contribution in [3.05, 3.63) is 57.8 Å². The third-order valence-electron chi connectivity index (χ3n) is 3.94. The Morgan fingerprint density at radius 3 is 2.68 bits per heavy atom. The first-order chi connectivity index (χ1) is 12.0. The molecule has 0 radical (unpaired) electrons. The molecule has 1 saturated heterocycles. The molecule has 0 bridgehead atoms. The number of nitrogens with one attached hydrogen (secondary N) is 1. The summed E-state index contributed by atoms with van der Waals surface area (Å²) in [7, 11) is 0. The van der Waals surface area contributed by atoms with Crippen LogP contribution in [0.25, 0.3) is 0 Å². The highest BCUT2D eigenvalue weighted by molar-refractivity contribution is 6.08. The molecule has 0 aliphatic carbocycles. The Kier molecular flexibility index (Phi) is 4.90. The van der Waals surface area contributed by atoms with Crippen LogP contribution in [-0.2, 0) is 4.74 Å². The fourth-order valence-electron chi connectivity index (χ4n) is 2.62. The van der Waals surface area contributed by atoms with E-state index in [0.717, 1.165) is 5.56 Å². The number of aryl methyl sites for hydroxylation is 1. The first kappa shape index (κ1) is 16.8. The summed E-state index contributed by atoms with van der Waals surface area (Å²) >= 11 is 0. The molecular weight excluding hydrogens is 324 g/mol. The van der Waals surface area contributed by atoms with Crippen LogP contribution in [0.1, 0.15) is 15.9 Å². The molecule has 0 saturated carbocycles. The molecule has 3 rings (SSSR count). The number of nitro groups is 1. The lowest BCUT2D eigenvalue weighted by atomic mass is 10.1. The molecule has 1 N–H and O–H groups in total. The molecule has 2 heterocycles. The third-order valence-corrected chi connectivity index (χ3v) is 3.94. The van der Waals surface area contributed by atoms with Crippen molar-refractivity contribution in [2.75, 3.05) is 36.5 Å². The number of morpholine rings is 1. The minimum Gasteiger partial charge on any atom is -0.378 e. The van der Waals surface area contributed by atoms with Crippen LogP contribution in [0.15, 0.2) is 36.5 Å². The maximum Gasteiger partial charge on any atom is 0.270 e. The number of carbonyl (C=O) groups is 1. The second kappa shape index (κ2) is 7.27. The topological polar surface area (TPSA) is 97.6 Å². The fraction of sp³-hybridized carbons (Fsp3) is 0.294. The van der Waals surface area contributed by atoms with Gasteiger partial charge >= 0.3 is 0 Å². The maximum atomic E-state index is 12.7. The Labute approximate surface area is 144 Å². The summed E-state index contributed by atoms with van der Waals surface area (Å²) in [5.74, 6) is -0.0309. The van der Waals surface area contributed by atoms with E-state index < -0.39 is 10.8 Å². The van der Waals surface area contributed by atoms with Crippen molar-refractivity contribution in [2.45, 2.75) is 6.92 Å². The van der Waals surface area contributed by atoms with Gasteiger partial charge in [-0.15, -0.1) is 0 Å². The first-order valence-electron chi connectivity index (χ1n) is 7.90. The van der Waals surface area contributed by atoms with Gasteiger partial charge in [-0.25, -0.2) is 4.98 Å². The number of nitro benzene ring substituents is 1. The number of non-ortho nitro benzene ring substituents is 1. The molecule has 25 heavy (non-hydrogen) atoms. The van der Waals surface area contributed by atoms with E-state index in [-0.39, 0.29) is 11.3 Å². The number of amides is 1. The minimum absolute atomic E-state index is 0.126. The van der Waals surface area contributed by atoms with Crippen molar-refractivity contribution in [3.63, 3.8) is 0 Å². The maximum absolute atomic E-state index is 12.7. The SMILES string of the molecule is Cc1ccc(NC(=O)c2cc([N+](=O)[O-])ccc2N2CCOCC2)nc1. The number of benzene rings is 1. The molecule has 1 aromatic heterocycles. The number of hydrogen-bond acceptors (Lipinski definition) is 6. The Bertz CT molecular complexity index is 786. The van der Waals surface area contributed by atoms with Crippen molar-refractivity contribution in [1.82, 2.24) is 4.98 Å². The molecule has 1 fully saturated rings. The molecule has 130 valence electrons. The van der Waals surface area contributed by atoms with Crippen molar-refractivity contribution in [3.8, 4) is 0 Å². The molecular formula is C17H18N4O4. The molecule has 0 unspecified atom stereocenters. The van der Waals surface area contributed by atoms with Crippen LogP contribution in [0.3, 0.4) is 0 Å². The van der Waals surface area contributed by atoms with E-state index in [0.29, 0.717) is 37.8 Å². The number of ether oxygens (including phenoxy) is 1. The number of rotatable bonds is 4. The van der Waals surface area contributed by atoms with Gasteiger partial charge in [0.2, 0.25) is 0 Å². The van der Waals surface area contributed by atoms with Gasteiger partial charge in [0.1, 0.15) is 5.82 Å². The Morgan fingerprint density at radius 2 is 2.04 bits per heavy atom. The van der Waals surface area contributed by atoms with Crippen molar-refractivity contribution in [1.29, 1.82) is 0 Å². The third kappa shape index (κ3) is 3.92. The van der Waals surface area contributed by atoms with Gasteiger partial charge in [0.25, 0.3) is 11.6 Å². The fourth-order valence-corrected chi connectivity index (χ4v) is 2.62. The lowest BCUT2D eigenvalue weighted by molar-refractivity contribution is -0.384. The van der Waals surface area contributed by atoms with E-state index in [4.69, 9.17) is 4.74 Å². The second-order valence-corrected chi connectivity index (χ2v) is 5.73. The monoisotopic (exact) mass is 342 g/mol. The zero-order valence-corrected chi connectivity index (χ0v) is 13.8. The number of hydrogen-bond donors (Lipinski definition) is 1. The smallest absolute Gasteiger partial charge is 0.270 e. The molecule has 0 atom stereocenters. The number of nitrogens with zero attached hydrogens (tertiary/aromatic N) is 3. The molecule has 1 aromatic carbocycles. The van der Waals surface area contributed by atoms with Gasteiger partial charge in [-0.1, -0.05) is 6.07 Å². The molecule has 8 heteroatoms. The molecule has 1 aliphatic rings. The van der Waals surface area contributed by atoms with Gasteiger partial charge < -0.3 is 15.0 Å². The summed E-state index contributed by atoms with van der Waals surface area (Å²) < 4.78 is 5.33. The average molecular weight is 342 g/mol. The van der Waals surface area contributed by atoms with Gasteiger partial charge in [0, 0.05) is 31.4 Å². The highest BCUT2D eigenvalue weighted by Gasteiger charge is 2.22. The lowest BCUT2D eigenvalue weighted by Crippen LogP contribution is -2.37. The average Bonchev–Trinajstić information content (AvgIpc) is 2.63. The summed E-state index contributed by atoms with van der Waals surface area (Å²) in [6, 6.07) is 7.85. The van der Waals surface area contributed by atoms with E-state index in [1.54, 1.807) is 18.3 Å². The summed E-state index contributed by atoms with van der Waals surface area (Å²) in [6.45, 7) is 4.26. The second-order valence-electron chi connectivity index (χ2n) is 5.73. The van der Waals surface area contributed by atoms with Crippen LogP contribution in [0.2, 0.25) is 0 Å². The normalized spacial score (nSPS) is 14.2. The summed E-state index contributed by atoms with van der Waals surface area (Å²) in [5.41, 5.74) is 1.75. The number of carbonyl (C=O) groups excluding carboxylic acids is 1. The van der Waals surface area contributed by atoms with Crippen LogP contribution in [0.4, 0.5) is 17.2 Å². The Balaban J connectivity index is 1.92. The highest BCUT2D eigenvalue weighted by Crippen LogP contribution is 2.27. The quantitative estimate of drug-likeness (QED) is 0.677. The van der Waals surface area contributed by atoms with Crippen LogP contribution in [-0.4, -0.2) is 42.1 Å². The predicted octanol–water partition coefficient (Wildman–Crippen LogP) is 2.39. The highest BCUT2D eigenvalue weighted by atomic mass is 16.6. The minimum atomic E-state index is -0.510. The van der Waals surface area contributed by atoms with E-state index in [2.05, 4.69) is 10.3 Å². The predicted molar refractivity (Wildman–Crippen MR) is 93.1 cm³/mol. The number of anilines is 2. The lowest BCUT2D eigenvalue weighted by Gasteiger charge is -2.30. The van der Waals surface area contributed by atoms with Crippen molar-refractivity contribution < 1.29 is 14.5 Å².